The maximum Gasteiger partial charge on any atom is 0.331 e. The molecule has 0 bridgehead atoms. The predicted octanol–water partition coefficient (Wildman–Crippen LogP) is 4.27. The molecule has 164 valence electrons. The number of rotatable bonds is 4. The lowest BCUT2D eigenvalue weighted by Gasteiger charge is -2.25. The number of benzene rings is 1. The number of hydrogen-bond acceptors (Lipinski definition) is 4. The molecule has 32 heavy (non-hydrogen) atoms. The monoisotopic (exact) mass is 431 g/mol. The van der Waals surface area contributed by atoms with Crippen LogP contribution in [0.2, 0.25) is 0 Å². The Labute approximate surface area is 186 Å². The van der Waals surface area contributed by atoms with E-state index in [1.807, 2.05) is 19.9 Å². The standard InChI is InChI=1S/C25H25N3O4/c1-14-9-15(2)22(16(3)10-14)28-17(4)11-19(18(28)5)12-21-23(29)26-25(31)27(24(21)30)13-20-7-6-8-32-20/h6-12H,13H2,1-5H3,(H,26,29,31)/b21-12+. The van der Waals surface area contributed by atoms with Gasteiger partial charge in [0, 0.05) is 11.4 Å². The summed E-state index contributed by atoms with van der Waals surface area (Å²) in [6.45, 7) is 10.1. The third-order valence-corrected chi connectivity index (χ3v) is 5.71. The summed E-state index contributed by atoms with van der Waals surface area (Å²) in [6.07, 6.45) is 3.02. The third-order valence-electron chi connectivity index (χ3n) is 5.71. The van der Waals surface area contributed by atoms with Crippen molar-refractivity contribution in [2.75, 3.05) is 0 Å². The number of nitrogens with one attached hydrogen (secondary N) is 1. The lowest BCUT2D eigenvalue weighted by atomic mass is 10.0. The highest BCUT2D eigenvalue weighted by atomic mass is 16.3. The highest BCUT2D eigenvalue weighted by Crippen LogP contribution is 2.29. The Kier molecular flexibility index (Phi) is 5.34. The van der Waals surface area contributed by atoms with Crippen molar-refractivity contribution in [3.05, 3.63) is 81.6 Å². The Hall–Kier alpha value is -3.87. The van der Waals surface area contributed by atoms with E-state index in [9.17, 15) is 14.4 Å². The van der Waals surface area contributed by atoms with Crippen LogP contribution in [-0.2, 0) is 16.1 Å². The van der Waals surface area contributed by atoms with Crippen LogP contribution in [0.25, 0.3) is 11.8 Å². The van der Waals surface area contributed by atoms with E-state index in [1.165, 1.54) is 11.8 Å². The normalized spacial score (nSPS) is 15.6. The average molecular weight is 431 g/mol. The van der Waals surface area contributed by atoms with Gasteiger partial charge in [-0.2, -0.15) is 0 Å². The van der Waals surface area contributed by atoms with Crippen molar-refractivity contribution in [2.45, 2.75) is 41.2 Å². The minimum Gasteiger partial charge on any atom is -0.467 e. The third kappa shape index (κ3) is 3.66. The average Bonchev–Trinajstić information content (AvgIpc) is 3.31. The van der Waals surface area contributed by atoms with Crippen LogP contribution in [0, 0.1) is 34.6 Å². The number of carbonyl (C=O) groups is 3. The van der Waals surface area contributed by atoms with Crippen molar-refractivity contribution in [3.63, 3.8) is 0 Å². The van der Waals surface area contributed by atoms with Crippen molar-refractivity contribution in [3.8, 4) is 5.69 Å². The van der Waals surface area contributed by atoms with E-state index in [1.54, 1.807) is 18.2 Å². The van der Waals surface area contributed by atoms with Crippen LogP contribution < -0.4 is 5.32 Å². The van der Waals surface area contributed by atoms with Crippen LogP contribution >= 0.6 is 0 Å². The van der Waals surface area contributed by atoms with Gasteiger partial charge in [0.15, 0.2) is 0 Å². The summed E-state index contributed by atoms with van der Waals surface area (Å²) in [5, 5.41) is 2.25. The Morgan fingerprint density at radius 2 is 1.69 bits per heavy atom. The molecule has 7 heteroatoms. The van der Waals surface area contributed by atoms with Crippen molar-refractivity contribution in [2.24, 2.45) is 0 Å². The molecule has 1 fully saturated rings. The molecule has 4 rings (SSSR count). The van der Waals surface area contributed by atoms with Crippen LogP contribution in [0.15, 0.2) is 46.6 Å². The largest absolute Gasteiger partial charge is 0.467 e. The Morgan fingerprint density at radius 1 is 1.00 bits per heavy atom. The van der Waals surface area contributed by atoms with Crippen molar-refractivity contribution < 1.29 is 18.8 Å². The van der Waals surface area contributed by atoms with Gasteiger partial charge >= 0.3 is 6.03 Å². The van der Waals surface area contributed by atoms with Gasteiger partial charge < -0.3 is 8.98 Å². The smallest absolute Gasteiger partial charge is 0.331 e. The predicted molar refractivity (Wildman–Crippen MR) is 120 cm³/mol. The molecule has 4 amide bonds. The molecule has 1 N–H and O–H groups in total. The zero-order valence-corrected chi connectivity index (χ0v) is 18.8. The molecule has 0 saturated carbocycles. The van der Waals surface area contributed by atoms with Gasteiger partial charge in [0.2, 0.25) is 0 Å². The molecular formula is C25H25N3O4. The molecule has 0 unspecified atom stereocenters. The number of nitrogens with zero attached hydrogens (tertiary/aromatic N) is 2. The molecule has 1 aliphatic heterocycles. The topological polar surface area (TPSA) is 84.6 Å². The van der Waals surface area contributed by atoms with E-state index >= 15 is 0 Å². The first-order chi connectivity index (χ1) is 15.2. The van der Waals surface area contributed by atoms with Crippen LogP contribution in [0.4, 0.5) is 4.79 Å². The van der Waals surface area contributed by atoms with Crippen molar-refractivity contribution in [1.82, 2.24) is 14.8 Å². The van der Waals surface area contributed by atoms with Gasteiger partial charge in [-0.3, -0.25) is 19.8 Å². The first-order valence-electron chi connectivity index (χ1n) is 10.4. The van der Waals surface area contributed by atoms with Gasteiger partial charge in [0.05, 0.1) is 18.5 Å². The Bertz CT molecular complexity index is 1260. The zero-order chi connectivity index (χ0) is 23.2. The maximum absolute atomic E-state index is 13.0. The van der Waals surface area contributed by atoms with Gasteiger partial charge in [-0.25, -0.2) is 4.79 Å². The molecule has 0 atom stereocenters. The number of urea groups is 1. The number of barbiturate groups is 1. The summed E-state index contributed by atoms with van der Waals surface area (Å²) in [6, 6.07) is 8.79. The summed E-state index contributed by atoms with van der Waals surface area (Å²) >= 11 is 0. The van der Waals surface area contributed by atoms with E-state index in [4.69, 9.17) is 4.42 Å². The second-order valence-corrected chi connectivity index (χ2v) is 8.20. The minimum atomic E-state index is -0.759. The van der Waals surface area contributed by atoms with Crippen molar-refractivity contribution in [1.29, 1.82) is 0 Å². The molecule has 3 aromatic rings. The molecule has 0 radical (unpaired) electrons. The highest BCUT2D eigenvalue weighted by Gasteiger charge is 2.36. The quantitative estimate of drug-likeness (QED) is 0.494. The fourth-order valence-corrected chi connectivity index (χ4v) is 4.35. The van der Waals surface area contributed by atoms with Gasteiger partial charge in [-0.1, -0.05) is 17.7 Å². The van der Waals surface area contributed by atoms with E-state index < -0.39 is 17.8 Å². The molecular weight excluding hydrogens is 406 g/mol. The van der Waals surface area contributed by atoms with Crippen molar-refractivity contribution >= 4 is 23.9 Å². The van der Waals surface area contributed by atoms with Crippen LogP contribution in [0.5, 0.6) is 0 Å². The first-order valence-corrected chi connectivity index (χ1v) is 10.4. The lowest BCUT2D eigenvalue weighted by molar-refractivity contribution is -0.130. The number of carbonyl (C=O) groups excluding carboxylic acids is 3. The van der Waals surface area contributed by atoms with Gasteiger partial charge in [0.1, 0.15) is 11.3 Å². The number of aromatic nitrogens is 1. The molecule has 0 aliphatic carbocycles. The first kappa shape index (κ1) is 21.4. The molecule has 0 spiro atoms. The van der Waals surface area contributed by atoms with Gasteiger partial charge in [-0.05, 0) is 75.6 Å². The summed E-state index contributed by atoms with van der Waals surface area (Å²) in [7, 11) is 0. The van der Waals surface area contributed by atoms with Crippen LogP contribution in [0.3, 0.4) is 0 Å². The van der Waals surface area contributed by atoms with Gasteiger partial charge in [-0.15, -0.1) is 0 Å². The second-order valence-electron chi connectivity index (χ2n) is 8.20. The summed E-state index contributed by atoms with van der Waals surface area (Å²) in [4.78, 5) is 38.8. The summed E-state index contributed by atoms with van der Waals surface area (Å²) in [5.41, 5.74) is 7.11. The summed E-state index contributed by atoms with van der Waals surface area (Å²) in [5.74, 6) is -0.906. The van der Waals surface area contributed by atoms with Gasteiger partial charge in [0.25, 0.3) is 11.8 Å². The molecule has 1 aliphatic rings. The SMILES string of the molecule is Cc1cc(C)c(-n2c(C)cc(/C=C3\C(=O)NC(=O)N(Cc4ccco4)C3=O)c2C)c(C)c1. The number of furan rings is 1. The van der Waals surface area contributed by atoms with E-state index in [-0.39, 0.29) is 12.1 Å². The highest BCUT2D eigenvalue weighted by molar-refractivity contribution is 6.31. The number of aryl methyl sites for hydroxylation is 4. The van der Waals surface area contributed by atoms with E-state index in [0.29, 0.717) is 5.76 Å². The Balaban J connectivity index is 1.75. The minimum absolute atomic E-state index is 0.0525. The summed E-state index contributed by atoms with van der Waals surface area (Å²) < 4.78 is 7.38. The van der Waals surface area contributed by atoms with Crippen LogP contribution in [0.1, 0.15) is 39.4 Å². The molecule has 7 nitrogen and oxygen atoms in total. The number of imide groups is 2. The van der Waals surface area contributed by atoms with E-state index in [0.717, 1.165) is 38.7 Å². The maximum atomic E-state index is 13.0. The molecule has 1 aromatic carbocycles. The molecule has 3 heterocycles. The Morgan fingerprint density at radius 3 is 2.31 bits per heavy atom. The molecule has 1 saturated heterocycles. The number of amides is 4. The van der Waals surface area contributed by atoms with Crippen LogP contribution in [-0.4, -0.2) is 27.3 Å². The molecule has 2 aromatic heterocycles. The number of hydrogen-bond donors (Lipinski definition) is 1. The fourth-order valence-electron chi connectivity index (χ4n) is 4.35. The zero-order valence-electron chi connectivity index (χ0n) is 18.8. The lowest BCUT2D eigenvalue weighted by Crippen LogP contribution is -2.53. The fraction of sp³-hybridized carbons (Fsp3) is 0.240. The second kappa shape index (κ2) is 8.00. The van der Waals surface area contributed by atoms with E-state index in [2.05, 4.69) is 42.8 Å².